The number of carboxylic acids is 1. The second-order valence-corrected chi connectivity index (χ2v) is 18.2. The van der Waals surface area contributed by atoms with Crippen LogP contribution in [-0.2, 0) is 24.2 Å². The topological polar surface area (TPSA) is 143 Å². The van der Waals surface area contributed by atoms with Crippen LogP contribution in [0.3, 0.4) is 0 Å². The number of nitrogens with one attached hydrogen (secondary N) is 1. The number of rotatable bonds is 10. The first-order valence-corrected chi connectivity index (χ1v) is 19.7. The predicted octanol–water partition coefficient (Wildman–Crippen LogP) is 7.50. The van der Waals surface area contributed by atoms with Crippen molar-refractivity contribution >= 4 is 44.4 Å². The Kier molecular flexibility index (Phi) is 8.26. The summed E-state index contributed by atoms with van der Waals surface area (Å²) in [5, 5.41) is 28.5. The summed E-state index contributed by atoms with van der Waals surface area (Å²) >= 11 is 1.44. The molecule has 1 amide bonds. The molecule has 10 rings (SSSR count). The van der Waals surface area contributed by atoms with E-state index in [1.165, 1.54) is 17.8 Å². The number of thiazole rings is 1. The maximum Gasteiger partial charge on any atom is 0.355 e. The Balaban J connectivity index is 0.970. The molecule has 4 bridgehead atoms. The van der Waals surface area contributed by atoms with Crippen LogP contribution >= 0.6 is 11.3 Å². The summed E-state index contributed by atoms with van der Waals surface area (Å²) in [6.07, 6.45) is 8.89. The van der Waals surface area contributed by atoms with Crippen molar-refractivity contribution in [3.63, 3.8) is 0 Å². The summed E-state index contributed by atoms with van der Waals surface area (Å²) in [5.41, 5.74) is 5.74. The van der Waals surface area contributed by atoms with Gasteiger partial charge in [-0.2, -0.15) is 5.10 Å². The molecule has 4 heterocycles. The quantitative estimate of drug-likeness (QED) is 0.132. The van der Waals surface area contributed by atoms with Crippen LogP contribution in [0.25, 0.3) is 21.3 Å². The fourth-order valence-electron chi connectivity index (χ4n) is 11.7. The van der Waals surface area contributed by atoms with Gasteiger partial charge < -0.3 is 19.8 Å². The Labute approximate surface area is 318 Å². The predicted molar refractivity (Wildman–Crippen MR) is 208 cm³/mol. The van der Waals surface area contributed by atoms with Crippen molar-refractivity contribution < 1.29 is 24.5 Å². The Morgan fingerprint density at radius 1 is 0.944 bits per heavy atom. The Hall–Kier alpha value is -4.65. The van der Waals surface area contributed by atoms with E-state index >= 15 is 0 Å². The number of pyridine rings is 1. The van der Waals surface area contributed by atoms with E-state index in [0.717, 1.165) is 71.2 Å². The van der Waals surface area contributed by atoms with E-state index in [2.05, 4.69) is 28.8 Å². The van der Waals surface area contributed by atoms with Gasteiger partial charge >= 0.3 is 5.97 Å². The molecular weight excluding hydrogens is 701 g/mol. The number of aromatic nitrogens is 4. The van der Waals surface area contributed by atoms with E-state index in [4.69, 9.17) is 14.8 Å². The summed E-state index contributed by atoms with van der Waals surface area (Å²) in [5.74, 6) is -0.770. The molecule has 54 heavy (non-hydrogen) atoms. The average Bonchev–Trinajstić information content (AvgIpc) is 3.70. The van der Waals surface area contributed by atoms with Crippen LogP contribution in [0.5, 0.6) is 0 Å². The number of hydrogen-bond acceptors (Lipinski definition) is 9. The molecule has 4 aliphatic carbocycles. The molecule has 3 aromatic heterocycles. The van der Waals surface area contributed by atoms with Crippen molar-refractivity contribution in [1.29, 1.82) is 0 Å². The van der Waals surface area contributed by atoms with E-state index in [9.17, 15) is 19.8 Å². The molecular formula is C42H46N6O5S. The van der Waals surface area contributed by atoms with Crippen LogP contribution in [0.1, 0.15) is 90.0 Å². The van der Waals surface area contributed by atoms with Crippen molar-refractivity contribution in [3.8, 4) is 11.1 Å². The second kappa shape index (κ2) is 12.7. The van der Waals surface area contributed by atoms with Gasteiger partial charge in [-0.25, -0.2) is 14.8 Å². The van der Waals surface area contributed by atoms with Crippen molar-refractivity contribution in [2.75, 3.05) is 30.0 Å². The van der Waals surface area contributed by atoms with Crippen LogP contribution in [0, 0.1) is 23.2 Å². The molecule has 12 heteroatoms. The zero-order valence-corrected chi connectivity index (χ0v) is 31.8. The number of aliphatic hydroxyl groups is 1. The molecule has 280 valence electrons. The SMILES string of the molecule is Cc1c(-c2ccc(N3CCc4cccc(C(=O)Nc5nc6ccccc6s5)c4C3)nc2C(=O)O)cnn1CC12CC3(C)CC(C)(C1)CC(OCCO)(C3)C2. The van der Waals surface area contributed by atoms with Gasteiger partial charge in [0.25, 0.3) is 5.91 Å². The normalized spacial score (nSPS) is 27.0. The number of aliphatic hydroxyl groups excluding tert-OH is 1. The summed E-state index contributed by atoms with van der Waals surface area (Å²) in [6, 6.07) is 17.3. The van der Waals surface area contributed by atoms with E-state index in [-0.39, 0.29) is 40.1 Å². The molecule has 2 unspecified atom stereocenters. The molecule has 2 aromatic carbocycles. The first-order valence-electron chi connectivity index (χ1n) is 18.9. The number of amides is 1. The van der Waals surface area contributed by atoms with Crippen LogP contribution in [0.4, 0.5) is 10.9 Å². The van der Waals surface area contributed by atoms with Crippen molar-refractivity contribution in [1.82, 2.24) is 19.7 Å². The van der Waals surface area contributed by atoms with Gasteiger partial charge in [-0.05, 0) is 110 Å². The summed E-state index contributed by atoms with van der Waals surface area (Å²) in [6.45, 7) is 9.02. The standard InChI is InChI=1S/C42H46N6O5S/c1-26-30(17-43-48(26)25-41-20-39(2)19-40(3,21-41)23-42(22-39,24-41)53-16-15-49)28-11-12-34(45-35(28)37(51)52)47-14-13-27-7-6-8-29(31(27)18-47)36(50)46-38-44-32-9-4-5-10-33(32)54-38/h4-12,17,49H,13-16,18-25H2,1-3H3,(H,51,52)(H,44,46,50). The molecule has 0 radical (unpaired) electrons. The molecule has 1 aliphatic heterocycles. The molecule has 0 spiro atoms. The van der Waals surface area contributed by atoms with Crippen LogP contribution < -0.4 is 10.2 Å². The van der Waals surface area contributed by atoms with E-state index in [0.29, 0.717) is 48.2 Å². The lowest BCUT2D eigenvalue weighted by Crippen LogP contribution is -2.64. The number of anilines is 2. The molecule has 5 aliphatic rings. The highest BCUT2D eigenvalue weighted by Gasteiger charge is 2.66. The average molecular weight is 747 g/mol. The van der Waals surface area contributed by atoms with Crippen LogP contribution in [0.15, 0.2) is 60.8 Å². The van der Waals surface area contributed by atoms with Crippen molar-refractivity contribution in [3.05, 3.63) is 88.9 Å². The van der Waals surface area contributed by atoms with Crippen LogP contribution in [-0.4, -0.2) is 67.2 Å². The Morgan fingerprint density at radius 2 is 1.74 bits per heavy atom. The molecule has 2 atom stereocenters. The highest BCUT2D eigenvalue weighted by Crippen LogP contribution is 2.72. The fraction of sp³-hybridized carbons (Fsp3) is 0.452. The first kappa shape index (κ1) is 35.1. The number of benzene rings is 2. The van der Waals surface area contributed by atoms with Gasteiger partial charge in [0.05, 0.1) is 35.2 Å². The van der Waals surface area contributed by atoms with Crippen molar-refractivity contribution in [2.45, 2.75) is 84.4 Å². The maximum absolute atomic E-state index is 13.6. The van der Waals surface area contributed by atoms with E-state index in [1.54, 1.807) is 6.20 Å². The number of ether oxygens (including phenoxy) is 1. The molecule has 3 N–H and O–H groups in total. The van der Waals surface area contributed by atoms with Gasteiger partial charge in [-0.15, -0.1) is 0 Å². The highest BCUT2D eigenvalue weighted by molar-refractivity contribution is 7.22. The number of carbonyl (C=O) groups excluding carboxylic acids is 1. The molecule has 4 fully saturated rings. The third kappa shape index (κ3) is 6.08. The summed E-state index contributed by atoms with van der Waals surface area (Å²) in [7, 11) is 0. The van der Waals surface area contributed by atoms with Gasteiger partial charge in [0.15, 0.2) is 10.8 Å². The first-order chi connectivity index (χ1) is 25.9. The fourth-order valence-corrected chi connectivity index (χ4v) is 12.5. The number of para-hydroxylation sites is 1. The number of fused-ring (bicyclic) bond motifs is 2. The third-order valence-corrected chi connectivity index (χ3v) is 13.4. The largest absolute Gasteiger partial charge is 0.476 e. The maximum atomic E-state index is 13.6. The minimum Gasteiger partial charge on any atom is -0.476 e. The zero-order valence-electron chi connectivity index (χ0n) is 31.0. The van der Waals surface area contributed by atoms with Crippen LogP contribution in [0.2, 0.25) is 0 Å². The number of carbonyl (C=O) groups is 2. The molecule has 0 saturated heterocycles. The lowest BCUT2D eigenvalue weighted by Gasteiger charge is -2.69. The minimum atomic E-state index is -1.10. The second-order valence-electron chi connectivity index (χ2n) is 17.2. The Morgan fingerprint density at radius 3 is 2.50 bits per heavy atom. The zero-order chi connectivity index (χ0) is 37.5. The number of hydrogen-bond donors (Lipinski definition) is 3. The minimum absolute atomic E-state index is 0.00813. The number of aromatic carboxylic acids is 1. The lowest BCUT2D eigenvalue weighted by molar-refractivity contribution is -0.250. The van der Waals surface area contributed by atoms with E-state index < -0.39 is 5.97 Å². The lowest BCUT2D eigenvalue weighted by atomic mass is 9.39. The van der Waals surface area contributed by atoms with Gasteiger partial charge in [-0.3, -0.25) is 14.8 Å². The monoisotopic (exact) mass is 746 g/mol. The third-order valence-electron chi connectivity index (χ3n) is 12.5. The van der Waals surface area contributed by atoms with E-state index in [1.807, 2.05) is 66.4 Å². The molecule has 5 aromatic rings. The van der Waals surface area contributed by atoms with Gasteiger partial charge in [0, 0.05) is 42.0 Å². The number of carboxylic acid groups (broad SMARTS) is 1. The van der Waals surface area contributed by atoms with Crippen molar-refractivity contribution in [2.24, 2.45) is 16.2 Å². The van der Waals surface area contributed by atoms with Gasteiger partial charge in [-0.1, -0.05) is 49.4 Å². The van der Waals surface area contributed by atoms with Gasteiger partial charge in [0.1, 0.15) is 5.82 Å². The highest BCUT2D eigenvalue weighted by atomic mass is 32.1. The Bertz CT molecular complexity index is 2260. The molecule has 4 saturated carbocycles. The summed E-state index contributed by atoms with van der Waals surface area (Å²) < 4.78 is 9.56. The molecule has 11 nitrogen and oxygen atoms in total. The summed E-state index contributed by atoms with van der Waals surface area (Å²) in [4.78, 5) is 37.8. The smallest absolute Gasteiger partial charge is 0.355 e. The number of nitrogens with zero attached hydrogens (tertiary/aromatic N) is 5. The van der Waals surface area contributed by atoms with Gasteiger partial charge in [0.2, 0.25) is 0 Å².